The molecule has 0 saturated carbocycles. The van der Waals surface area contributed by atoms with Crippen molar-refractivity contribution in [2.75, 3.05) is 18.0 Å². The van der Waals surface area contributed by atoms with Crippen LogP contribution in [0.3, 0.4) is 0 Å². The Labute approximate surface area is 73.0 Å². The molecule has 1 aliphatic heterocycles. The van der Waals surface area contributed by atoms with Crippen molar-refractivity contribution in [3.8, 4) is 0 Å². The molecule has 0 unspecified atom stereocenters. The monoisotopic (exact) mass is 162 g/mol. The van der Waals surface area contributed by atoms with Crippen molar-refractivity contribution in [2.45, 2.75) is 13.0 Å². The maximum atomic E-state index is 5.64. The molecule has 64 valence electrons. The van der Waals surface area contributed by atoms with Crippen molar-refractivity contribution in [3.63, 3.8) is 0 Å². The highest BCUT2D eigenvalue weighted by Crippen LogP contribution is 2.24. The number of nitrogens with two attached hydrogens (primary N) is 1. The van der Waals surface area contributed by atoms with Gasteiger partial charge in [-0.3, -0.25) is 0 Å². The molecule has 1 saturated heterocycles. The quantitative estimate of drug-likeness (QED) is 0.711. The Hall–Kier alpha value is -1.02. The highest BCUT2D eigenvalue weighted by molar-refractivity contribution is 5.54. The number of rotatable bonds is 2. The third-order valence-electron chi connectivity index (χ3n) is 2.41. The average molecular weight is 162 g/mol. The molecule has 1 aliphatic rings. The second-order valence-electron chi connectivity index (χ2n) is 3.17. The van der Waals surface area contributed by atoms with Gasteiger partial charge in [-0.2, -0.15) is 0 Å². The van der Waals surface area contributed by atoms with E-state index in [0.717, 1.165) is 0 Å². The van der Waals surface area contributed by atoms with Crippen LogP contribution in [0.4, 0.5) is 5.69 Å². The molecule has 2 N–H and O–H groups in total. The van der Waals surface area contributed by atoms with E-state index < -0.39 is 0 Å². The fourth-order valence-corrected chi connectivity index (χ4v) is 1.55. The predicted octanol–water partition coefficient (Wildman–Crippen LogP) is 1.36. The first kappa shape index (κ1) is 7.62. The van der Waals surface area contributed by atoms with Gasteiger partial charge in [-0.05, 0) is 18.1 Å². The largest absolute Gasteiger partial charge is 0.371 e. The lowest BCUT2D eigenvalue weighted by Crippen LogP contribution is -2.37. The second-order valence-corrected chi connectivity index (χ2v) is 3.17. The lowest BCUT2D eigenvalue weighted by atomic mass is 10.1. The van der Waals surface area contributed by atoms with Crippen LogP contribution in [0.1, 0.15) is 12.0 Å². The Morgan fingerprint density at radius 2 is 2.00 bits per heavy atom. The molecule has 1 fully saturated rings. The summed E-state index contributed by atoms with van der Waals surface area (Å²) in [6.45, 7) is 3.03. The van der Waals surface area contributed by atoms with Gasteiger partial charge >= 0.3 is 0 Å². The topological polar surface area (TPSA) is 29.3 Å². The zero-order chi connectivity index (χ0) is 8.39. The Bertz CT molecular complexity index is 266. The number of para-hydroxylation sites is 1. The lowest BCUT2D eigenvalue weighted by molar-refractivity contribution is 0.615. The zero-order valence-electron chi connectivity index (χ0n) is 7.16. The first-order valence-corrected chi connectivity index (χ1v) is 4.45. The predicted molar refractivity (Wildman–Crippen MR) is 51.2 cm³/mol. The van der Waals surface area contributed by atoms with Crippen LogP contribution in [-0.2, 0) is 6.54 Å². The fraction of sp³-hybridized carbons (Fsp3) is 0.400. The summed E-state index contributed by atoms with van der Waals surface area (Å²) in [6.07, 6.45) is 1.32. The highest BCUT2D eigenvalue weighted by Gasteiger charge is 2.15. The van der Waals surface area contributed by atoms with Crippen molar-refractivity contribution in [3.05, 3.63) is 29.8 Å². The number of hydrogen-bond donors (Lipinski definition) is 1. The van der Waals surface area contributed by atoms with E-state index in [1.807, 2.05) is 6.07 Å². The van der Waals surface area contributed by atoms with Gasteiger partial charge in [-0.1, -0.05) is 18.2 Å². The molecular formula is C10H14N2. The first-order valence-electron chi connectivity index (χ1n) is 4.45. The Morgan fingerprint density at radius 3 is 2.58 bits per heavy atom. The molecule has 0 atom stereocenters. The average Bonchev–Trinajstić information content (AvgIpc) is 2.02. The van der Waals surface area contributed by atoms with Crippen LogP contribution in [0.15, 0.2) is 24.3 Å². The van der Waals surface area contributed by atoms with E-state index in [1.165, 1.54) is 30.8 Å². The summed E-state index contributed by atoms with van der Waals surface area (Å²) < 4.78 is 0. The molecule has 1 heterocycles. The van der Waals surface area contributed by atoms with Crippen LogP contribution in [-0.4, -0.2) is 13.1 Å². The standard InChI is InChI=1S/C10H14N2/c11-8-9-4-1-2-5-10(9)12-6-3-7-12/h1-2,4-5H,3,6-8,11H2. The third kappa shape index (κ3) is 1.18. The van der Waals surface area contributed by atoms with Crippen LogP contribution in [0.2, 0.25) is 0 Å². The van der Waals surface area contributed by atoms with E-state index in [0.29, 0.717) is 6.54 Å². The smallest absolute Gasteiger partial charge is 0.0411 e. The highest BCUT2D eigenvalue weighted by atomic mass is 15.2. The molecule has 2 heteroatoms. The molecule has 2 rings (SSSR count). The summed E-state index contributed by atoms with van der Waals surface area (Å²) in [5.41, 5.74) is 8.23. The second kappa shape index (κ2) is 3.15. The van der Waals surface area contributed by atoms with Crippen molar-refractivity contribution >= 4 is 5.69 Å². The van der Waals surface area contributed by atoms with Crippen LogP contribution < -0.4 is 10.6 Å². The zero-order valence-corrected chi connectivity index (χ0v) is 7.16. The summed E-state index contributed by atoms with van der Waals surface area (Å²) in [6, 6.07) is 8.38. The molecule has 0 spiro atoms. The summed E-state index contributed by atoms with van der Waals surface area (Å²) in [5, 5.41) is 0. The number of hydrogen-bond acceptors (Lipinski definition) is 2. The van der Waals surface area contributed by atoms with E-state index in [4.69, 9.17) is 5.73 Å². The van der Waals surface area contributed by atoms with Gasteiger partial charge in [0.15, 0.2) is 0 Å². The Kier molecular flexibility index (Phi) is 2.00. The maximum Gasteiger partial charge on any atom is 0.0411 e. The van der Waals surface area contributed by atoms with E-state index in [-0.39, 0.29) is 0 Å². The van der Waals surface area contributed by atoms with Gasteiger partial charge in [-0.15, -0.1) is 0 Å². The number of nitrogens with zero attached hydrogens (tertiary/aromatic N) is 1. The van der Waals surface area contributed by atoms with Crippen molar-refractivity contribution in [2.24, 2.45) is 5.73 Å². The summed E-state index contributed by atoms with van der Waals surface area (Å²) in [7, 11) is 0. The van der Waals surface area contributed by atoms with Crippen molar-refractivity contribution in [1.29, 1.82) is 0 Å². The number of anilines is 1. The molecule has 0 aliphatic carbocycles. The lowest BCUT2D eigenvalue weighted by Gasteiger charge is -2.34. The van der Waals surface area contributed by atoms with E-state index in [1.54, 1.807) is 0 Å². The molecule has 12 heavy (non-hydrogen) atoms. The van der Waals surface area contributed by atoms with Gasteiger partial charge in [0.25, 0.3) is 0 Å². The summed E-state index contributed by atoms with van der Waals surface area (Å²) in [5.74, 6) is 0. The minimum absolute atomic E-state index is 0.646. The minimum atomic E-state index is 0.646. The van der Waals surface area contributed by atoms with E-state index in [9.17, 15) is 0 Å². The molecule has 0 aromatic heterocycles. The van der Waals surface area contributed by atoms with Gasteiger partial charge < -0.3 is 10.6 Å². The Morgan fingerprint density at radius 1 is 1.25 bits per heavy atom. The fourth-order valence-electron chi connectivity index (χ4n) is 1.55. The van der Waals surface area contributed by atoms with Crippen LogP contribution in [0, 0.1) is 0 Å². The maximum absolute atomic E-state index is 5.64. The molecule has 2 nitrogen and oxygen atoms in total. The summed E-state index contributed by atoms with van der Waals surface area (Å²) in [4.78, 5) is 2.38. The molecule has 1 aromatic rings. The molecule has 0 amide bonds. The van der Waals surface area contributed by atoms with Gasteiger partial charge in [0.05, 0.1) is 0 Å². The van der Waals surface area contributed by atoms with Crippen molar-refractivity contribution < 1.29 is 0 Å². The minimum Gasteiger partial charge on any atom is -0.371 e. The summed E-state index contributed by atoms with van der Waals surface area (Å²) >= 11 is 0. The number of benzene rings is 1. The van der Waals surface area contributed by atoms with E-state index >= 15 is 0 Å². The van der Waals surface area contributed by atoms with Crippen LogP contribution in [0.5, 0.6) is 0 Å². The third-order valence-corrected chi connectivity index (χ3v) is 2.41. The van der Waals surface area contributed by atoms with Gasteiger partial charge in [0.1, 0.15) is 0 Å². The molecule has 1 aromatic carbocycles. The molecular weight excluding hydrogens is 148 g/mol. The van der Waals surface area contributed by atoms with Crippen LogP contribution in [0.25, 0.3) is 0 Å². The first-order chi connectivity index (χ1) is 5.92. The van der Waals surface area contributed by atoms with Gasteiger partial charge in [0.2, 0.25) is 0 Å². The van der Waals surface area contributed by atoms with Gasteiger partial charge in [-0.25, -0.2) is 0 Å². The normalized spacial score (nSPS) is 15.9. The molecule has 0 bridgehead atoms. The van der Waals surface area contributed by atoms with Gasteiger partial charge in [0, 0.05) is 25.3 Å². The van der Waals surface area contributed by atoms with Crippen LogP contribution >= 0.6 is 0 Å². The SMILES string of the molecule is NCc1ccccc1N1CCC1. The van der Waals surface area contributed by atoms with Crippen molar-refractivity contribution in [1.82, 2.24) is 0 Å². The van der Waals surface area contributed by atoms with E-state index in [2.05, 4.69) is 23.1 Å². The Balaban J connectivity index is 2.27. The molecule has 0 radical (unpaired) electrons.